The zero-order valence-electron chi connectivity index (χ0n) is 11.6. The molecule has 20 heavy (non-hydrogen) atoms. The van der Waals surface area contributed by atoms with E-state index in [0.29, 0.717) is 5.75 Å². The third-order valence-corrected chi connectivity index (χ3v) is 4.65. The molecule has 0 atom stereocenters. The van der Waals surface area contributed by atoms with Crippen LogP contribution in [0.5, 0.6) is 0 Å². The van der Waals surface area contributed by atoms with Crippen molar-refractivity contribution in [3.8, 4) is 6.07 Å². The molecule has 1 fully saturated rings. The van der Waals surface area contributed by atoms with E-state index in [2.05, 4.69) is 11.4 Å². The number of aryl methyl sites for hydroxylation is 1. The van der Waals surface area contributed by atoms with Crippen LogP contribution < -0.4 is 11.1 Å². The molecule has 106 valence electrons. The first-order valence-corrected chi connectivity index (χ1v) is 7.74. The number of hydrogen-bond acceptors (Lipinski definition) is 4. The number of anilines is 1. The third-order valence-electron chi connectivity index (χ3n) is 3.66. The second kappa shape index (κ2) is 6.19. The van der Waals surface area contributed by atoms with Crippen LogP contribution in [0.2, 0.25) is 0 Å². The number of nitrogens with zero attached hydrogens (tertiary/aromatic N) is 1. The Bertz CT molecular complexity index is 545. The quantitative estimate of drug-likeness (QED) is 0.659. The molecule has 4 nitrogen and oxygen atoms in total. The number of amides is 1. The van der Waals surface area contributed by atoms with Gasteiger partial charge in [0.15, 0.2) is 0 Å². The minimum atomic E-state index is -0.630. The maximum absolute atomic E-state index is 12.0. The molecule has 0 heterocycles. The van der Waals surface area contributed by atoms with Crippen molar-refractivity contribution < 1.29 is 4.79 Å². The SMILES string of the molecule is Cc1cc(SCC(=O)NC2(C#N)CCCC2)ccc1N. The zero-order valence-corrected chi connectivity index (χ0v) is 12.4. The van der Waals surface area contributed by atoms with E-state index < -0.39 is 5.54 Å². The summed E-state index contributed by atoms with van der Waals surface area (Å²) in [5.41, 5.74) is 6.91. The molecular formula is C15H19N3OS. The zero-order chi connectivity index (χ0) is 14.6. The first-order chi connectivity index (χ1) is 9.54. The Labute approximate surface area is 123 Å². The monoisotopic (exact) mass is 289 g/mol. The summed E-state index contributed by atoms with van der Waals surface area (Å²) in [6.45, 7) is 1.95. The third kappa shape index (κ3) is 3.45. The molecule has 0 aromatic heterocycles. The number of carbonyl (C=O) groups is 1. The van der Waals surface area contributed by atoms with Crippen molar-refractivity contribution >= 4 is 23.4 Å². The summed E-state index contributed by atoms with van der Waals surface area (Å²) >= 11 is 1.47. The van der Waals surface area contributed by atoms with Gasteiger partial charge in [-0.1, -0.05) is 0 Å². The number of thioether (sulfide) groups is 1. The molecule has 0 bridgehead atoms. The van der Waals surface area contributed by atoms with E-state index in [9.17, 15) is 10.1 Å². The summed E-state index contributed by atoms with van der Waals surface area (Å²) < 4.78 is 0. The topological polar surface area (TPSA) is 78.9 Å². The standard InChI is InChI=1S/C15H19N3OS/c1-11-8-12(4-5-13(11)17)20-9-14(19)18-15(10-16)6-2-3-7-15/h4-5,8H,2-3,6-7,9,17H2,1H3,(H,18,19). The maximum atomic E-state index is 12.0. The van der Waals surface area contributed by atoms with Crippen LogP contribution in [0.25, 0.3) is 0 Å². The number of rotatable bonds is 4. The molecule has 0 saturated heterocycles. The Balaban J connectivity index is 1.89. The fraction of sp³-hybridized carbons (Fsp3) is 0.467. The second-order valence-electron chi connectivity index (χ2n) is 5.26. The normalized spacial score (nSPS) is 16.6. The van der Waals surface area contributed by atoms with Crippen LogP contribution in [0.1, 0.15) is 31.2 Å². The predicted molar refractivity (Wildman–Crippen MR) is 81.3 cm³/mol. The van der Waals surface area contributed by atoms with Crippen molar-refractivity contribution in [3.63, 3.8) is 0 Å². The lowest BCUT2D eigenvalue weighted by atomic mass is 10.0. The van der Waals surface area contributed by atoms with Gasteiger partial charge in [-0.3, -0.25) is 4.79 Å². The van der Waals surface area contributed by atoms with Crippen LogP contribution in [0.15, 0.2) is 23.1 Å². The number of nitrogens with two attached hydrogens (primary N) is 1. The van der Waals surface area contributed by atoms with Crippen LogP contribution >= 0.6 is 11.8 Å². The number of hydrogen-bond donors (Lipinski definition) is 2. The molecule has 0 radical (unpaired) electrons. The van der Waals surface area contributed by atoms with E-state index >= 15 is 0 Å². The Hall–Kier alpha value is -1.67. The molecule has 1 aliphatic carbocycles. The van der Waals surface area contributed by atoms with E-state index in [-0.39, 0.29) is 5.91 Å². The molecule has 1 saturated carbocycles. The van der Waals surface area contributed by atoms with Gasteiger partial charge >= 0.3 is 0 Å². The molecule has 1 aliphatic rings. The highest BCUT2D eigenvalue weighted by molar-refractivity contribution is 8.00. The molecule has 5 heteroatoms. The summed E-state index contributed by atoms with van der Waals surface area (Å²) in [6.07, 6.45) is 3.55. The average molecular weight is 289 g/mol. The van der Waals surface area contributed by atoms with Crippen molar-refractivity contribution in [3.05, 3.63) is 23.8 Å². The van der Waals surface area contributed by atoms with Crippen LogP contribution in [0.3, 0.4) is 0 Å². The number of benzene rings is 1. The first kappa shape index (κ1) is 14.7. The van der Waals surface area contributed by atoms with Crippen LogP contribution in [0, 0.1) is 18.3 Å². The molecule has 1 aromatic rings. The molecule has 0 aliphatic heterocycles. The lowest BCUT2D eigenvalue weighted by Crippen LogP contribution is -2.45. The molecule has 0 spiro atoms. The van der Waals surface area contributed by atoms with Gasteiger partial charge in [-0.2, -0.15) is 5.26 Å². The predicted octanol–water partition coefficient (Wildman–Crippen LogP) is 2.62. The summed E-state index contributed by atoms with van der Waals surface area (Å²) in [6, 6.07) is 8.00. The molecule has 1 amide bonds. The fourth-order valence-corrected chi connectivity index (χ4v) is 3.23. The highest BCUT2D eigenvalue weighted by Gasteiger charge is 2.35. The van der Waals surface area contributed by atoms with Gasteiger partial charge in [0.1, 0.15) is 5.54 Å². The lowest BCUT2D eigenvalue weighted by Gasteiger charge is -2.21. The smallest absolute Gasteiger partial charge is 0.231 e. The van der Waals surface area contributed by atoms with E-state index in [0.717, 1.165) is 41.8 Å². The summed E-state index contributed by atoms with van der Waals surface area (Å²) in [4.78, 5) is 13.0. The minimum absolute atomic E-state index is 0.0760. The van der Waals surface area contributed by atoms with Crippen molar-refractivity contribution in [2.45, 2.75) is 43.0 Å². The van der Waals surface area contributed by atoms with Crippen LogP contribution in [0.4, 0.5) is 5.69 Å². The summed E-state index contributed by atoms with van der Waals surface area (Å²) in [5, 5.41) is 12.1. The lowest BCUT2D eigenvalue weighted by molar-refractivity contribution is -0.119. The van der Waals surface area contributed by atoms with Gasteiger partial charge in [-0.05, 0) is 56.4 Å². The minimum Gasteiger partial charge on any atom is -0.399 e. The van der Waals surface area contributed by atoms with Gasteiger partial charge in [-0.25, -0.2) is 0 Å². The largest absolute Gasteiger partial charge is 0.399 e. The Morgan fingerprint density at radius 2 is 2.20 bits per heavy atom. The van der Waals surface area contributed by atoms with Gasteiger partial charge in [0.2, 0.25) is 5.91 Å². The van der Waals surface area contributed by atoms with E-state index in [1.54, 1.807) is 0 Å². The summed E-state index contributed by atoms with van der Waals surface area (Å²) in [7, 11) is 0. The highest BCUT2D eigenvalue weighted by atomic mass is 32.2. The number of carbonyl (C=O) groups excluding carboxylic acids is 1. The Morgan fingerprint density at radius 1 is 1.50 bits per heavy atom. The maximum Gasteiger partial charge on any atom is 0.231 e. The number of nitrogens with one attached hydrogen (secondary N) is 1. The molecule has 1 aromatic carbocycles. The highest BCUT2D eigenvalue weighted by Crippen LogP contribution is 2.29. The first-order valence-electron chi connectivity index (χ1n) is 6.76. The van der Waals surface area contributed by atoms with Crippen LogP contribution in [-0.2, 0) is 4.79 Å². The van der Waals surface area contributed by atoms with Crippen molar-refractivity contribution in [1.29, 1.82) is 5.26 Å². The Morgan fingerprint density at radius 3 is 2.80 bits per heavy atom. The average Bonchev–Trinajstić information content (AvgIpc) is 2.89. The van der Waals surface area contributed by atoms with E-state index in [1.165, 1.54) is 11.8 Å². The number of nitrogen functional groups attached to an aromatic ring is 1. The van der Waals surface area contributed by atoms with E-state index in [1.807, 2.05) is 25.1 Å². The van der Waals surface area contributed by atoms with Gasteiger partial charge in [-0.15, -0.1) is 11.8 Å². The van der Waals surface area contributed by atoms with E-state index in [4.69, 9.17) is 5.73 Å². The van der Waals surface area contributed by atoms with Crippen molar-refractivity contribution in [2.24, 2.45) is 0 Å². The number of nitriles is 1. The molecule has 0 unspecified atom stereocenters. The van der Waals surface area contributed by atoms with Gasteiger partial charge in [0.05, 0.1) is 11.8 Å². The fourth-order valence-electron chi connectivity index (χ4n) is 2.43. The van der Waals surface area contributed by atoms with Gasteiger partial charge in [0.25, 0.3) is 0 Å². The second-order valence-corrected chi connectivity index (χ2v) is 6.31. The molecule has 2 rings (SSSR count). The van der Waals surface area contributed by atoms with Crippen molar-refractivity contribution in [1.82, 2.24) is 5.32 Å². The van der Waals surface area contributed by atoms with Gasteiger partial charge < -0.3 is 11.1 Å². The van der Waals surface area contributed by atoms with Gasteiger partial charge in [0, 0.05) is 10.6 Å². The Kier molecular flexibility index (Phi) is 4.56. The van der Waals surface area contributed by atoms with Crippen molar-refractivity contribution in [2.75, 3.05) is 11.5 Å². The van der Waals surface area contributed by atoms with Crippen LogP contribution in [-0.4, -0.2) is 17.2 Å². The summed E-state index contributed by atoms with van der Waals surface area (Å²) in [5.74, 6) is 0.250. The molecular weight excluding hydrogens is 270 g/mol. The molecule has 3 N–H and O–H groups in total.